The maximum atomic E-state index is 9.35. The van der Waals surface area contributed by atoms with Gasteiger partial charge in [-0.1, -0.05) is 18.2 Å². The molecule has 2 heteroatoms. The zero-order valence-corrected chi connectivity index (χ0v) is 6.90. The fraction of sp³-hybridized carbons (Fsp3) is 0.556. The SMILES string of the molecule is C=CC[C@H](CO)[C@H](O)/C=C/C. The van der Waals surface area contributed by atoms with E-state index in [1.807, 2.05) is 6.92 Å². The molecule has 0 heterocycles. The van der Waals surface area contributed by atoms with Crippen molar-refractivity contribution in [2.45, 2.75) is 19.4 Å². The lowest BCUT2D eigenvalue weighted by Gasteiger charge is -2.15. The van der Waals surface area contributed by atoms with Gasteiger partial charge < -0.3 is 10.2 Å². The van der Waals surface area contributed by atoms with Crippen LogP contribution in [0.2, 0.25) is 0 Å². The monoisotopic (exact) mass is 156 g/mol. The highest BCUT2D eigenvalue weighted by Gasteiger charge is 2.12. The summed E-state index contributed by atoms with van der Waals surface area (Å²) in [5.74, 6) is -0.108. The first-order valence-electron chi connectivity index (χ1n) is 3.78. The Balaban J connectivity index is 3.89. The second-order valence-corrected chi connectivity index (χ2v) is 2.48. The molecule has 0 amide bonds. The zero-order valence-electron chi connectivity index (χ0n) is 6.90. The molecule has 0 aromatic heterocycles. The van der Waals surface area contributed by atoms with Gasteiger partial charge in [-0.15, -0.1) is 6.58 Å². The summed E-state index contributed by atoms with van der Waals surface area (Å²) in [5.41, 5.74) is 0. The molecule has 0 saturated carbocycles. The van der Waals surface area contributed by atoms with E-state index in [0.717, 1.165) is 0 Å². The van der Waals surface area contributed by atoms with Gasteiger partial charge in [0.05, 0.1) is 6.10 Å². The highest BCUT2D eigenvalue weighted by atomic mass is 16.3. The van der Waals surface area contributed by atoms with E-state index in [9.17, 15) is 5.11 Å². The summed E-state index contributed by atoms with van der Waals surface area (Å²) in [6.07, 6.45) is 5.24. The van der Waals surface area contributed by atoms with E-state index < -0.39 is 6.10 Å². The zero-order chi connectivity index (χ0) is 8.69. The molecule has 11 heavy (non-hydrogen) atoms. The van der Waals surface area contributed by atoms with Gasteiger partial charge in [0.15, 0.2) is 0 Å². The van der Waals surface area contributed by atoms with Gasteiger partial charge in [-0.3, -0.25) is 0 Å². The van der Waals surface area contributed by atoms with Crippen LogP contribution >= 0.6 is 0 Å². The van der Waals surface area contributed by atoms with Gasteiger partial charge in [-0.05, 0) is 13.3 Å². The summed E-state index contributed by atoms with van der Waals surface area (Å²) in [6, 6.07) is 0. The largest absolute Gasteiger partial charge is 0.396 e. The minimum atomic E-state index is -0.553. The van der Waals surface area contributed by atoms with Crippen LogP contribution in [0.4, 0.5) is 0 Å². The topological polar surface area (TPSA) is 40.5 Å². The van der Waals surface area contributed by atoms with E-state index >= 15 is 0 Å². The Morgan fingerprint density at radius 2 is 2.18 bits per heavy atom. The van der Waals surface area contributed by atoms with Crippen LogP contribution in [0.15, 0.2) is 24.8 Å². The Morgan fingerprint density at radius 3 is 2.55 bits per heavy atom. The first-order valence-corrected chi connectivity index (χ1v) is 3.78. The van der Waals surface area contributed by atoms with E-state index in [1.54, 1.807) is 18.2 Å². The van der Waals surface area contributed by atoms with Crippen LogP contribution in [0, 0.1) is 5.92 Å². The minimum Gasteiger partial charge on any atom is -0.396 e. The van der Waals surface area contributed by atoms with Crippen molar-refractivity contribution in [3.8, 4) is 0 Å². The van der Waals surface area contributed by atoms with Gasteiger partial charge in [0, 0.05) is 12.5 Å². The highest BCUT2D eigenvalue weighted by Crippen LogP contribution is 2.09. The summed E-state index contributed by atoms with van der Waals surface area (Å²) in [6.45, 7) is 5.38. The normalized spacial score (nSPS) is 16.6. The fourth-order valence-corrected chi connectivity index (χ4v) is 0.890. The maximum absolute atomic E-state index is 9.35. The molecule has 0 aromatic carbocycles. The summed E-state index contributed by atoms with van der Waals surface area (Å²) in [5, 5.41) is 18.2. The summed E-state index contributed by atoms with van der Waals surface area (Å²) >= 11 is 0. The van der Waals surface area contributed by atoms with E-state index in [2.05, 4.69) is 6.58 Å². The van der Waals surface area contributed by atoms with Crippen molar-refractivity contribution in [2.24, 2.45) is 5.92 Å². The van der Waals surface area contributed by atoms with Crippen molar-refractivity contribution in [1.82, 2.24) is 0 Å². The maximum Gasteiger partial charge on any atom is 0.0773 e. The molecule has 0 fully saturated rings. The number of aliphatic hydroxyl groups is 2. The smallest absolute Gasteiger partial charge is 0.0773 e. The first kappa shape index (κ1) is 10.4. The minimum absolute atomic E-state index is 0.00245. The standard InChI is InChI=1S/C9H16O2/c1-3-5-8(7-10)9(11)6-4-2/h3-4,6,8-11H,1,5,7H2,2H3/b6-4+/t8-,9-/m1/s1. The lowest BCUT2D eigenvalue weighted by atomic mass is 9.99. The van der Waals surface area contributed by atoms with Gasteiger partial charge in [-0.2, -0.15) is 0 Å². The predicted octanol–water partition coefficient (Wildman–Crippen LogP) is 1.11. The number of allylic oxidation sites excluding steroid dienone is 2. The summed E-state index contributed by atoms with van der Waals surface area (Å²) in [7, 11) is 0. The van der Waals surface area contributed by atoms with Crippen molar-refractivity contribution in [1.29, 1.82) is 0 Å². The molecule has 0 aliphatic heterocycles. The van der Waals surface area contributed by atoms with Crippen LogP contribution in [0.25, 0.3) is 0 Å². The molecular weight excluding hydrogens is 140 g/mol. The van der Waals surface area contributed by atoms with E-state index in [1.165, 1.54) is 0 Å². The van der Waals surface area contributed by atoms with E-state index in [-0.39, 0.29) is 12.5 Å². The molecule has 0 aliphatic rings. The number of rotatable bonds is 5. The second kappa shape index (κ2) is 6.13. The Morgan fingerprint density at radius 1 is 1.55 bits per heavy atom. The lowest BCUT2D eigenvalue weighted by Crippen LogP contribution is -2.20. The number of hydrogen-bond acceptors (Lipinski definition) is 2. The summed E-state index contributed by atoms with van der Waals surface area (Å²) < 4.78 is 0. The van der Waals surface area contributed by atoms with Gasteiger partial charge in [0.25, 0.3) is 0 Å². The third kappa shape index (κ3) is 3.96. The molecule has 0 radical (unpaired) electrons. The Bertz CT molecular complexity index is 130. The molecule has 2 N–H and O–H groups in total. The van der Waals surface area contributed by atoms with Crippen molar-refractivity contribution in [3.63, 3.8) is 0 Å². The Kier molecular flexibility index (Phi) is 5.80. The number of aliphatic hydroxyl groups excluding tert-OH is 2. The molecular formula is C9H16O2. The van der Waals surface area contributed by atoms with Crippen molar-refractivity contribution < 1.29 is 10.2 Å². The molecule has 2 atom stereocenters. The Hall–Kier alpha value is -0.600. The molecule has 64 valence electrons. The van der Waals surface area contributed by atoms with Crippen LogP contribution < -0.4 is 0 Å². The van der Waals surface area contributed by atoms with Crippen molar-refractivity contribution in [3.05, 3.63) is 24.8 Å². The molecule has 0 bridgehead atoms. The van der Waals surface area contributed by atoms with E-state index in [4.69, 9.17) is 5.11 Å². The van der Waals surface area contributed by atoms with Crippen molar-refractivity contribution >= 4 is 0 Å². The van der Waals surface area contributed by atoms with E-state index in [0.29, 0.717) is 6.42 Å². The fourth-order valence-electron chi connectivity index (χ4n) is 0.890. The molecule has 0 saturated heterocycles. The highest BCUT2D eigenvalue weighted by molar-refractivity contribution is 4.91. The third-order valence-corrected chi connectivity index (χ3v) is 1.58. The molecule has 0 spiro atoms. The van der Waals surface area contributed by atoms with Crippen LogP contribution in [0.5, 0.6) is 0 Å². The predicted molar refractivity (Wildman–Crippen MR) is 46.2 cm³/mol. The lowest BCUT2D eigenvalue weighted by molar-refractivity contribution is 0.102. The first-order chi connectivity index (χ1) is 5.26. The quantitative estimate of drug-likeness (QED) is 0.585. The summed E-state index contributed by atoms with van der Waals surface area (Å²) in [4.78, 5) is 0. The van der Waals surface area contributed by atoms with Gasteiger partial charge in [0.1, 0.15) is 0 Å². The molecule has 0 aromatic rings. The van der Waals surface area contributed by atoms with Gasteiger partial charge in [0.2, 0.25) is 0 Å². The third-order valence-electron chi connectivity index (χ3n) is 1.58. The Labute approximate surface area is 67.9 Å². The van der Waals surface area contributed by atoms with Gasteiger partial charge >= 0.3 is 0 Å². The number of hydrogen-bond donors (Lipinski definition) is 2. The molecule has 0 unspecified atom stereocenters. The van der Waals surface area contributed by atoms with Gasteiger partial charge in [-0.25, -0.2) is 0 Å². The second-order valence-electron chi connectivity index (χ2n) is 2.48. The van der Waals surface area contributed by atoms with Crippen LogP contribution in [0.1, 0.15) is 13.3 Å². The average molecular weight is 156 g/mol. The molecule has 0 rings (SSSR count). The van der Waals surface area contributed by atoms with Crippen molar-refractivity contribution in [2.75, 3.05) is 6.61 Å². The molecule has 0 aliphatic carbocycles. The van der Waals surface area contributed by atoms with Crippen LogP contribution in [0.3, 0.4) is 0 Å². The van der Waals surface area contributed by atoms with Crippen LogP contribution in [-0.2, 0) is 0 Å². The molecule has 2 nitrogen and oxygen atoms in total. The average Bonchev–Trinajstić information content (AvgIpc) is 2.00. The van der Waals surface area contributed by atoms with Crippen LogP contribution in [-0.4, -0.2) is 22.9 Å².